The molecule has 1 aliphatic heterocycles. The number of amides is 1. The Hall–Kier alpha value is -3.62. The van der Waals surface area contributed by atoms with Gasteiger partial charge in [0.1, 0.15) is 0 Å². The standard InChI is InChI=1S/C24H29N3O6/c1-23(2,3)14-24(4,5)17-7-9-19(18(11-17)27(29)30)31-13-22(28)26-25-12-16-6-8-20-21(10-16)33-15-32-20/h6-12H,13-15H2,1-5H3,(H,26,28)/b25-12-. The molecule has 0 fully saturated rings. The number of benzene rings is 2. The molecule has 3 rings (SSSR count). The van der Waals surface area contributed by atoms with E-state index in [1.54, 1.807) is 24.3 Å². The number of hydrogen-bond donors (Lipinski definition) is 1. The maximum absolute atomic E-state index is 12.1. The molecule has 1 amide bonds. The van der Waals surface area contributed by atoms with Crippen molar-refractivity contribution in [2.75, 3.05) is 13.4 Å². The molecule has 1 aliphatic rings. The van der Waals surface area contributed by atoms with Gasteiger partial charge in [0, 0.05) is 6.07 Å². The fourth-order valence-electron chi connectivity index (χ4n) is 3.98. The van der Waals surface area contributed by atoms with Crippen molar-refractivity contribution in [1.82, 2.24) is 5.43 Å². The molecule has 9 nitrogen and oxygen atoms in total. The number of fused-ring (bicyclic) bond motifs is 1. The molecule has 0 saturated heterocycles. The third-order valence-corrected chi connectivity index (χ3v) is 5.07. The molecule has 0 spiro atoms. The van der Waals surface area contributed by atoms with Crippen molar-refractivity contribution in [3.8, 4) is 17.2 Å². The highest BCUT2D eigenvalue weighted by molar-refractivity contribution is 5.83. The lowest BCUT2D eigenvalue weighted by Gasteiger charge is -2.33. The number of rotatable bonds is 8. The lowest BCUT2D eigenvalue weighted by atomic mass is 9.72. The Morgan fingerprint density at radius 3 is 2.58 bits per heavy atom. The van der Waals surface area contributed by atoms with E-state index in [1.807, 2.05) is 6.07 Å². The number of nitrogens with zero attached hydrogens (tertiary/aromatic N) is 2. The van der Waals surface area contributed by atoms with Gasteiger partial charge in [0.25, 0.3) is 5.91 Å². The van der Waals surface area contributed by atoms with Crippen LogP contribution >= 0.6 is 0 Å². The number of nitro groups is 1. The summed E-state index contributed by atoms with van der Waals surface area (Å²) in [5.74, 6) is 0.748. The molecular formula is C24H29N3O6. The van der Waals surface area contributed by atoms with Crippen molar-refractivity contribution in [2.24, 2.45) is 10.5 Å². The van der Waals surface area contributed by atoms with Gasteiger partial charge in [-0.25, -0.2) is 5.43 Å². The lowest BCUT2D eigenvalue weighted by Crippen LogP contribution is -2.26. The first-order chi connectivity index (χ1) is 15.4. The summed E-state index contributed by atoms with van der Waals surface area (Å²) in [5, 5.41) is 15.5. The number of carbonyl (C=O) groups excluding carboxylic acids is 1. The predicted octanol–water partition coefficient (Wildman–Crippen LogP) is 4.57. The minimum Gasteiger partial charge on any atom is -0.477 e. The third kappa shape index (κ3) is 6.44. The van der Waals surface area contributed by atoms with Gasteiger partial charge in [-0.3, -0.25) is 14.9 Å². The summed E-state index contributed by atoms with van der Waals surface area (Å²) in [4.78, 5) is 23.2. The van der Waals surface area contributed by atoms with E-state index in [-0.39, 0.29) is 29.1 Å². The third-order valence-electron chi connectivity index (χ3n) is 5.07. The van der Waals surface area contributed by atoms with E-state index in [4.69, 9.17) is 14.2 Å². The van der Waals surface area contributed by atoms with E-state index < -0.39 is 17.4 Å². The molecule has 0 aromatic heterocycles. The van der Waals surface area contributed by atoms with Crippen LogP contribution in [0.3, 0.4) is 0 Å². The van der Waals surface area contributed by atoms with Crippen molar-refractivity contribution in [3.05, 3.63) is 57.6 Å². The van der Waals surface area contributed by atoms with E-state index in [1.165, 1.54) is 12.3 Å². The van der Waals surface area contributed by atoms with E-state index in [0.717, 1.165) is 12.0 Å². The van der Waals surface area contributed by atoms with Gasteiger partial charge in [-0.15, -0.1) is 0 Å². The minimum absolute atomic E-state index is 0.0326. The van der Waals surface area contributed by atoms with Gasteiger partial charge >= 0.3 is 5.69 Å². The lowest BCUT2D eigenvalue weighted by molar-refractivity contribution is -0.385. The van der Waals surface area contributed by atoms with Crippen LogP contribution < -0.4 is 19.6 Å². The normalized spacial score (nSPS) is 13.2. The van der Waals surface area contributed by atoms with Crippen LogP contribution in [0.2, 0.25) is 0 Å². The first-order valence-corrected chi connectivity index (χ1v) is 10.6. The van der Waals surface area contributed by atoms with Crippen molar-refractivity contribution in [1.29, 1.82) is 0 Å². The molecule has 0 aliphatic carbocycles. The molecular weight excluding hydrogens is 426 g/mol. The van der Waals surface area contributed by atoms with Gasteiger partial charge in [0.15, 0.2) is 23.9 Å². The number of hydrogen-bond acceptors (Lipinski definition) is 7. The Morgan fingerprint density at radius 1 is 1.15 bits per heavy atom. The molecule has 0 unspecified atom stereocenters. The van der Waals surface area contributed by atoms with Gasteiger partial charge in [0.2, 0.25) is 6.79 Å². The van der Waals surface area contributed by atoms with E-state index >= 15 is 0 Å². The Morgan fingerprint density at radius 2 is 1.88 bits per heavy atom. The second-order valence-electron chi connectivity index (χ2n) is 9.76. The van der Waals surface area contributed by atoms with Crippen LogP contribution in [0.4, 0.5) is 5.69 Å². The van der Waals surface area contributed by atoms with Gasteiger partial charge in [-0.05, 0) is 52.6 Å². The summed E-state index contributed by atoms with van der Waals surface area (Å²) in [6, 6.07) is 10.1. The molecule has 1 heterocycles. The van der Waals surface area contributed by atoms with E-state index in [2.05, 4.69) is 45.1 Å². The smallest absolute Gasteiger partial charge is 0.311 e. The number of hydrazone groups is 1. The monoisotopic (exact) mass is 455 g/mol. The summed E-state index contributed by atoms with van der Waals surface area (Å²) in [7, 11) is 0. The van der Waals surface area contributed by atoms with Crippen LogP contribution in [0.25, 0.3) is 0 Å². The highest BCUT2D eigenvalue weighted by atomic mass is 16.7. The molecule has 33 heavy (non-hydrogen) atoms. The predicted molar refractivity (Wildman–Crippen MR) is 124 cm³/mol. The average molecular weight is 456 g/mol. The molecule has 0 saturated carbocycles. The van der Waals surface area contributed by atoms with Crippen LogP contribution in [0.1, 0.15) is 52.2 Å². The van der Waals surface area contributed by atoms with Crippen LogP contribution in [-0.4, -0.2) is 30.4 Å². The number of ether oxygens (including phenoxy) is 3. The largest absolute Gasteiger partial charge is 0.477 e. The zero-order valence-electron chi connectivity index (χ0n) is 19.5. The summed E-state index contributed by atoms with van der Waals surface area (Å²) in [6.45, 7) is 10.3. The minimum atomic E-state index is -0.543. The van der Waals surface area contributed by atoms with Crippen molar-refractivity contribution in [3.63, 3.8) is 0 Å². The fourth-order valence-corrected chi connectivity index (χ4v) is 3.98. The Balaban J connectivity index is 1.61. The fraction of sp³-hybridized carbons (Fsp3) is 0.417. The Bertz CT molecular complexity index is 1070. The Labute approximate surface area is 192 Å². The molecule has 2 aromatic rings. The van der Waals surface area contributed by atoms with Gasteiger partial charge in [0.05, 0.1) is 11.1 Å². The molecule has 0 radical (unpaired) electrons. The topological polar surface area (TPSA) is 112 Å². The Kier molecular flexibility index (Phi) is 6.90. The molecule has 2 aromatic carbocycles. The van der Waals surface area contributed by atoms with Crippen molar-refractivity contribution < 1.29 is 23.9 Å². The quantitative estimate of drug-likeness (QED) is 0.355. The van der Waals surface area contributed by atoms with Gasteiger partial charge in [-0.1, -0.05) is 40.7 Å². The second-order valence-corrected chi connectivity index (χ2v) is 9.76. The maximum Gasteiger partial charge on any atom is 0.311 e. The van der Waals surface area contributed by atoms with Crippen molar-refractivity contribution in [2.45, 2.75) is 46.5 Å². The molecule has 0 atom stereocenters. The molecule has 1 N–H and O–H groups in total. The number of carbonyl (C=O) groups is 1. The number of nitro benzene ring substituents is 1. The maximum atomic E-state index is 12.1. The summed E-state index contributed by atoms with van der Waals surface area (Å²) >= 11 is 0. The van der Waals surface area contributed by atoms with E-state index in [9.17, 15) is 14.9 Å². The van der Waals surface area contributed by atoms with Gasteiger partial charge < -0.3 is 14.2 Å². The van der Waals surface area contributed by atoms with Crippen molar-refractivity contribution >= 4 is 17.8 Å². The highest BCUT2D eigenvalue weighted by Crippen LogP contribution is 2.39. The van der Waals surface area contributed by atoms with Crippen LogP contribution in [0.15, 0.2) is 41.5 Å². The zero-order chi connectivity index (χ0) is 24.2. The molecule has 176 valence electrons. The molecule has 9 heteroatoms. The molecule has 0 bridgehead atoms. The summed E-state index contributed by atoms with van der Waals surface area (Å²) < 4.78 is 16.0. The summed E-state index contributed by atoms with van der Waals surface area (Å²) in [5.41, 5.74) is 3.52. The van der Waals surface area contributed by atoms with Crippen LogP contribution in [0.5, 0.6) is 17.2 Å². The van der Waals surface area contributed by atoms with Crippen LogP contribution in [0, 0.1) is 15.5 Å². The van der Waals surface area contributed by atoms with Gasteiger partial charge in [-0.2, -0.15) is 5.10 Å². The van der Waals surface area contributed by atoms with Crippen LogP contribution in [-0.2, 0) is 10.2 Å². The first-order valence-electron chi connectivity index (χ1n) is 10.6. The second kappa shape index (κ2) is 9.48. The number of nitrogens with one attached hydrogen (secondary N) is 1. The SMILES string of the molecule is CC(C)(C)CC(C)(C)c1ccc(OCC(=O)N/N=C\c2ccc3c(c2)OCO3)c([N+](=O)[O-])c1. The highest BCUT2D eigenvalue weighted by Gasteiger charge is 2.30. The zero-order valence-corrected chi connectivity index (χ0v) is 19.5. The average Bonchev–Trinajstić information content (AvgIpc) is 3.18. The van der Waals surface area contributed by atoms with E-state index in [0.29, 0.717) is 17.1 Å². The summed E-state index contributed by atoms with van der Waals surface area (Å²) in [6.07, 6.45) is 2.30. The first kappa shape index (κ1) is 24.0.